The summed E-state index contributed by atoms with van der Waals surface area (Å²) in [7, 11) is -3.26. The molecular weight excluding hydrogens is 470 g/mol. The zero-order chi connectivity index (χ0) is 24.9. The van der Waals surface area contributed by atoms with Crippen LogP contribution < -0.4 is 4.72 Å². The van der Waals surface area contributed by atoms with Gasteiger partial charge in [0.25, 0.3) is 0 Å². The van der Waals surface area contributed by atoms with Crippen molar-refractivity contribution in [3.63, 3.8) is 0 Å². The Morgan fingerprint density at radius 3 is 2.37 bits per heavy atom. The van der Waals surface area contributed by atoms with Gasteiger partial charge in [-0.3, -0.25) is 4.72 Å². The lowest BCUT2D eigenvalue weighted by atomic mass is 9.79. The largest absolute Gasteiger partial charge is 0.375 e. The summed E-state index contributed by atoms with van der Waals surface area (Å²) in [6.07, 6.45) is 5.19. The maximum Gasteiger partial charge on any atom is 0.248 e. The van der Waals surface area contributed by atoms with Crippen molar-refractivity contribution < 1.29 is 21.9 Å². The SMILES string of the molecule is CCOC1(CCCN2CC3C(C2)C3(CC)c2cccc(NS(=O)(=O)C3CC3)c2)CCC(F)(F)CC1. The zero-order valence-corrected chi connectivity index (χ0v) is 21.9. The summed E-state index contributed by atoms with van der Waals surface area (Å²) >= 11 is 0. The van der Waals surface area contributed by atoms with Crippen LogP contribution in [0.3, 0.4) is 0 Å². The first kappa shape index (κ1) is 25.4. The van der Waals surface area contributed by atoms with Crippen molar-refractivity contribution in [2.45, 2.75) is 93.8 Å². The van der Waals surface area contributed by atoms with Crippen molar-refractivity contribution in [1.29, 1.82) is 0 Å². The second kappa shape index (κ2) is 9.25. The van der Waals surface area contributed by atoms with E-state index in [9.17, 15) is 17.2 Å². The summed E-state index contributed by atoms with van der Waals surface area (Å²) in [5.74, 6) is -1.34. The van der Waals surface area contributed by atoms with Gasteiger partial charge in [-0.05, 0) is 87.9 Å². The Morgan fingerprint density at radius 2 is 1.77 bits per heavy atom. The molecule has 8 heteroatoms. The Balaban J connectivity index is 1.16. The van der Waals surface area contributed by atoms with E-state index in [4.69, 9.17) is 4.74 Å². The van der Waals surface area contributed by atoms with Gasteiger partial charge in [0.2, 0.25) is 15.9 Å². The van der Waals surface area contributed by atoms with Gasteiger partial charge in [-0.1, -0.05) is 19.1 Å². The molecule has 4 aliphatic rings. The van der Waals surface area contributed by atoms with Crippen molar-refractivity contribution in [1.82, 2.24) is 4.90 Å². The number of alkyl halides is 2. The maximum atomic E-state index is 13.7. The third-order valence-corrected chi connectivity index (χ3v) is 11.1. The molecule has 3 saturated carbocycles. The lowest BCUT2D eigenvalue weighted by Crippen LogP contribution is -2.41. The average molecular weight is 511 g/mol. The summed E-state index contributed by atoms with van der Waals surface area (Å²) in [6.45, 7) is 7.87. The molecule has 1 aromatic rings. The van der Waals surface area contributed by atoms with Gasteiger partial charge in [-0.15, -0.1) is 0 Å². The van der Waals surface area contributed by atoms with Crippen LogP contribution in [0.15, 0.2) is 24.3 Å². The highest BCUT2D eigenvalue weighted by atomic mass is 32.2. The Hall–Kier alpha value is -1.25. The average Bonchev–Trinajstić information content (AvgIpc) is 3.72. The van der Waals surface area contributed by atoms with Gasteiger partial charge < -0.3 is 9.64 Å². The first-order valence-corrected chi connectivity index (χ1v) is 15.0. The highest BCUT2D eigenvalue weighted by molar-refractivity contribution is 7.93. The zero-order valence-electron chi connectivity index (χ0n) is 21.1. The van der Waals surface area contributed by atoms with Crippen molar-refractivity contribution in [2.24, 2.45) is 11.8 Å². The standard InChI is InChI=1S/C27H40F2N2O3S/c1-3-27(20-7-5-8-21(17-20)30-35(32,33)22-9-10-22)23-18-31(19-24(23)27)16-6-11-25(34-4-2)12-14-26(28,29)15-13-25/h5,7-8,17,22-24,30H,3-4,6,9-16,18-19H2,1-2H3. The van der Waals surface area contributed by atoms with Crippen molar-refractivity contribution in [3.8, 4) is 0 Å². The summed E-state index contributed by atoms with van der Waals surface area (Å²) < 4.78 is 61.0. The van der Waals surface area contributed by atoms with Crippen LogP contribution in [0.2, 0.25) is 0 Å². The molecule has 1 N–H and O–H groups in total. The summed E-state index contributed by atoms with van der Waals surface area (Å²) in [5.41, 5.74) is 1.70. The second-order valence-electron chi connectivity index (χ2n) is 11.4. The Labute approximate surface area is 209 Å². The number of sulfonamides is 1. The molecule has 0 aromatic heterocycles. The van der Waals surface area contributed by atoms with Crippen LogP contribution >= 0.6 is 0 Å². The van der Waals surface area contributed by atoms with E-state index in [-0.39, 0.29) is 29.1 Å². The predicted octanol–water partition coefficient (Wildman–Crippen LogP) is 5.56. The van der Waals surface area contributed by atoms with Gasteiger partial charge in [0, 0.05) is 43.6 Å². The maximum absolute atomic E-state index is 13.7. The van der Waals surface area contributed by atoms with Gasteiger partial charge in [0.15, 0.2) is 0 Å². The molecule has 1 aliphatic heterocycles. The van der Waals surface area contributed by atoms with Crippen LogP contribution in [0, 0.1) is 11.8 Å². The highest BCUT2D eigenvalue weighted by Crippen LogP contribution is 2.65. The minimum absolute atomic E-state index is 0.0598. The van der Waals surface area contributed by atoms with E-state index in [1.807, 2.05) is 19.1 Å². The molecule has 0 radical (unpaired) electrons. The predicted molar refractivity (Wildman–Crippen MR) is 134 cm³/mol. The fourth-order valence-corrected chi connectivity index (χ4v) is 8.50. The molecule has 196 valence electrons. The van der Waals surface area contributed by atoms with Crippen molar-refractivity contribution in [3.05, 3.63) is 29.8 Å². The number of nitrogens with zero attached hydrogens (tertiary/aromatic N) is 1. The number of ether oxygens (including phenoxy) is 1. The lowest BCUT2D eigenvalue weighted by molar-refractivity contribution is -0.134. The van der Waals surface area contributed by atoms with Crippen LogP contribution in [0.4, 0.5) is 14.5 Å². The van der Waals surface area contributed by atoms with Gasteiger partial charge in [0.1, 0.15) is 0 Å². The first-order chi connectivity index (χ1) is 16.6. The Kier molecular flexibility index (Phi) is 6.71. The highest BCUT2D eigenvalue weighted by Gasteiger charge is 2.67. The summed E-state index contributed by atoms with van der Waals surface area (Å²) in [5, 5.41) is -0.230. The number of hydrogen-bond donors (Lipinski definition) is 1. The van der Waals surface area contributed by atoms with Gasteiger partial charge in [-0.25, -0.2) is 17.2 Å². The van der Waals surface area contributed by atoms with Crippen LogP contribution in [-0.4, -0.2) is 56.3 Å². The lowest BCUT2D eigenvalue weighted by Gasteiger charge is -2.40. The summed E-state index contributed by atoms with van der Waals surface area (Å²) in [4.78, 5) is 2.53. The van der Waals surface area contributed by atoms with Gasteiger partial charge in [-0.2, -0.15) is 0 Å². The number of fused-ring (bicyclic) bond motifs is 1. The van der Waals surface area contributed by atoms with Gasteiger partial charge >= 0.3 is 0 Å². The number of benzene rings is 1. The number of rotatable bonds is 11. The number of piperidine rings is 1. The number of likely N-dealkylation sites (tertiary alicyclic amines) is 1. The fraction of sp³-hybridized carbons (Fsp3) is 0.778. The van der Waals surface area contributed by atoms with E-state index >= 15 is 0 Å². The van der Waals surface area contributed by atoms with Crippen LogP contribution in [0.25, 0.3) is 0 Å². The fourth-order valence-electron chi connectivity index (χ4n) is 7.12. The van der Waals surface area contributed by atoms with E-state index in [1.54, 1.807) is 0 Å². The minimum atomic E-state index is -3.26. The number of halogens is 2. The minimum Gasteiger partial charge on any atom is -0.375 e. The van der Waals surface area contributed by atoms with E-state index in [0.29, 0.717) is 37.0 Å². The quantitative estimate of drug-likeness (QED) is 0.423. The Morgan fingerprint density at radius 1 is 1.09 bits per heavy atom. The monoisotopic (exact) mass is 510 g/mol. The summed E-state index contributed by atoms with van der Waals surface area (Å²) in [6, 6.07) is 8.04. The molecule has 2 atom stereocenters. The molecule has 2 unspecified atom stereocenters. The topological polar surface area (TPSA) is 58.6 Å². The van der Waals surface area contributed by atoms with Crippen LogP contribution in [0.5, 0.6) is 0 Å². The molecule has 1 saturated heterocycles. The molecule has 5 nitrogen and oxygen atoms in total. The Bertz CT molecular complexity index is 1010. The molecule has 35 heavy (non-hydrogen) atoms. The van der Waals surface area contributed by atoms with Crippen molar-refractivity contribution >= 4 is 15.7 Å². The molecule has 1 heterocycles. The molecule has 1 aromatic carbocycles. The number of anilines is 1. The first-order valence-electron chi connectivity index (χ1n) is 13.5. The molecule has 0 bridgehead atoms. The van der Waals surface area contributed by atoms with E-state index in [0.717, 1.165) is 51.7 Å². The van der Waals surface area contributed by atoms with Crippen LogP contribution in [-0.2, 0) is 20.2 Å². The smallest absolute Gasteiger partial charge is 0.248 e. The number of nitrogens with one attached hydrogen (secondary N) is 1. The molecule has 3 aliphatic carbocycles. The normalized spacial score (nSPS) is 31.8. The van der Waals surface area contributed by atoms with Gasteiger partial charge in [0.05, 0.1) is 10.9 Å². The molecule has 4 fully saturated rings. The molecule has 0 amide bonds. The molecular formula is C27H40F2N2O3S. The second-order valence-corrected chi connectivity index (χ2v) is 13.3. The molecule has 5 rings (SSSR count). The van der Waals surface area contributed by atoms with E-state index in [1.165, 1.54) is 5.56 Å². The van der Waals surface area contributed by atoms with Crippen molar-refractivity contribution in [2.75, 3.05) is 31.0 Å². The molecule has 0 spiro atoms. The number of hydrogen-bond acceptors (Lipinski definition) is 4. The van der Waals surface area contributed by atoms with E-state index in [2.05, 4.69) is 28.7 Å². The third kappa shape index (κ3) is 4.99. The third-order valence-electron chi connectivity index (χ3n) is 9.27. The van der Waals surface area contributed by atoms with Crippen LogP contribution in [0.1, 0.15) is 77.2 Å². The van der Waals surface area contributed by atoms with E-state index < -0.39 is 15.9 Å².